The number of unbranched alkanes of at least 4 members (excludes halogenated alkanes) is 11. The van der Waals surface area contributed by atoms with Gasteiger partial charge in [-0.15, -0.1) is 0 Å². The van der Waals surface area contributed by atoms with Gasteiger partial charge >= 0.3 is 17.9 Å². The van der Waals surface area contributed by atoms with Crippen molar-refractivity contribution in [3.8, 4) is 0 Å². The Bertz CT molecular complexity index is 1640. The van der Waals surface area contributed by atoms with Crippen molar-refractivity contribution in [2.75, 3.05) is 13.2 Å². The van der Waals surface area contributed by atoms with Crippen LogP contribution in [0.5, 0.6) is 0 Å². The zero-order valence-electron chi connectivity index (χ0n) is 42.8. The van der Waals surface area contributed by atoms with E-state index in [1.165, 1.54) is 32.1 Å². The maximum atomic E-state index is 12.8. The molecule has 0 amide bonds. The summed E-state index contributed by atoms with van der Waals surface area (Å²) in [5, 5.41) is 0. The third-order valence-electron chi connectivity index (χ3n) is 10.1. The van der Waals surface area contributed by atoms with Crippen molar-refractivity contribution in [1.82, 2.24) is 0 Å². The van der Waals surface area contributed by atoms with Crippen LogP contribution in [-0.2, 0) is 28.6 Å². The number of hydrogen-bond donors (Lipinski definition) is 0. The van der Waals surface area contributed by atoms with Gasteiger partial charge in [0.05, 0.1) is 0 Å². The number of hydrogen-bond acceptors (Lipinski definition) is 6. The summed E-state index contributed by atoms with van der Waals surface area (Å²) in [6, 6.07) is 0. The molecule has 0 radical (unpaired) electrons. The first-order valence-corrected chi connectivity index (χ1v) is 26.2. The van der Waals surface area contributed by atoms with E-state index in [0.717, 1.165) is 89.9 Å². The summed E-state index contributed by atoms with van der Waals surface area (Å²) in [5.41, 5.74) is 0. The molecule has 0 aromatic heterocycles. The van der Waals surface area contributed by atoms with E-state index in [4.69, 9.17) is 14.2 Å². The highest BCUT2D eigenvalue weighted by atomic mass is 16.6. The second-order valence-electron chi connectivity index (χ2n) is 16.5. The van der Waals surface area contributed by atoms with Gasteiger partial charge in [-0.3, -0.25) is 14.4 Å². The van der Waals surface area contributed by atoms with E-state index in [1.807, 2.05) is 66.8 Å². The topological polar surface area (TPSA) is 78.9 Å². The molecule has 0 bridgehead atoms. The van der Waals surface area contributed by atoms with E-state index >= 15 is 0 Å². The monoisotopic (exact) mass is 933 g/mol. The number of rotatable bonds is 44. The second kappa shape index (κ2) is 54.4. The van der Waals surface area contributed by atoms with E-state index in [9.17, 15) is 14.4 Å². The molecule has 68 heavy (non-hydrogen) atoms. The molecule has 376 valence electrons. The molecule has 0 fully saturated rings. The second-order valence-corrected chi connectivity index (χ2v) is 16.5. The quantitative estimate of drug-likeness (QED) is 0.0199. The lowest BCUT2D eigenvalue weighted by atomic mass is 10.1. The summed E-state index contributed by atoms with van der Waals surface area (Å²) >= 11 is 0. The molecule has 6 heteroatoms. The zero-order chi connectivity index (χ0) is 49.3. The molecule has 0 saturated carbocycles. The largest absolute Gasteiger partial charge is 0.462 e. The van der Waals surface area contributed by atoms with E-state index in [-0.39, 0.29) is 50.4 Å². The highest BCUT2D eigenvalue weighted by molar-refractivity contribution is 5.71. The van der Waals surface area contributed by atoms with Crippen LogP contribution in [0.25, 0.3) is 0 Å². The van der Waals surface area contributed by atoms with E-state index in [0.29, 0.717) is 19.3 Å². The van der Waals surface area contributed by atoms with Gasteiger partial charge in [-0.05, 0) is 96.3 Å². The van der Waals surface area contributed by atoms with Crippen molar-refractivity contribution in [1.29, 1.82) is 0 Å². The lowest BCUT2D eigenvalue weighted by Crippen LogP contribution is -2.30. The van der Waals surface area contributed by atoms with Crippen LogP contribution >= 0.6 is 0 Å². The summed E-state index contributed by atoms with van der Waals surface area (Å²) in [7, 11) is 0. The molecular weight excluding hydrogens is 841 g/mol. The van der Waals surface area contributed by atoms with E-state index < -0.39 is 6.10 Å². The minimum Gasteiger partial charge on any atom is -0.462 e. The van der Waals surface area contributed by atoms with Gasteiger partial charge < -0.3 is 14.2 Å². The normalized spacial score (nSPS) is 13.5. The van der Waals surface area contributed by atoms with Crippen molar-refractivity contribution in [3.05, 3.63) is 170 Å². The predicted octanol–water partition coefficient (Wildman–Crippen LogP) is 17.6. The van der Waals surface area contributed by atoms with Gasteiger partial charge in [0.1, 0.15) is 13.2 Å². The molecule has 0 aliphatic rings. The molecule has 0 heterocycles. The molecule has 0 aliphatic carbocycles. The van der Waals surface area contributed by atoms with Crippen LogP contribution in [-0.4, -0.2) is 37.2 Å². The van der Waals surface area contributed by atoms with Gasteiger partial charge in [0.2, 0.25) is 0 Å². The Balaban J connectivity index is 4.67. The Morgan fingerprint density at radius 1 is 0.324 bits per heavy atom. The van der Waals surface area contributed by atoms with Crippen molar-refractivity contribution >= 4 is 17.9 Å². The van der Waals surface area contributed by atoms with Crippen LogP contribution in [0.1, 0.15) is 181 Å². The van der Waals surface area contributed by atoms with E-state index in [2.05, 4.69) is 124 Å². The molecule has 0 rings (SSSR count). The van der Waals surface area contributed by atoms with Gasteiger partial charge in [-0.1, -0.05) is 236 Å². The fourth-order valence-electron chi connectivity index (χ4n) is 6.26. The summed E-state index contributed by atoms with van der Waals surface area (Å²) in [5.74, 6) is -1.14. The van der Waals surface area contributed by atoms with Gasteiger partial charge in [-0.25, -0.2) is 0 Å². The minimum absolute atomic E-state index is 0.156. The lowest BCUT2D eigenvalue weighted by molar-refractivity contribution is -0.166. The number of allylic oxidation sites excluding steroid dienone is 28. The minimum atomic E-state index is -0.858. The average Bonchev–Trinajstić information content (AvgIpc) is 3.34. The summed E-state index contributed by atoms with van der Waals surface area (Å²) < 4.78 is 16.6. The molecule has 0 N–H and O–H groups in total. The number of carbonyl (C=O) groups is 3. The van der Waals surface area contributed by atoms with Gasteiger partial charge in [0.15, 0.2) is 6.10 Å². The van der Waals surface area contributed by atoms with Crippen LogP contribution < -0.4 is 0 Å². The number of ether oxygens (including phenoxy) is 3. The molecule has 1 unspecified atom stereocenters. The molecule has 1 atom stereocenters. The predicted molar refractivity (Wildman–Crippen MR) is 292 cm³/mol. The average molecular weight is 933 g/mol. The Morgan fingerprint density at radius 2 is 0.691 bits per heavy atom. The van der Waals surface area contributed by atoms with Crippen LogP contribution in [0.4, 0.5) is 0 Å². The first kappa shape index (κ1) is 62.8. The number of carbonyl (C=O) groups excluding carboxylic acids is 3. The molecule has 0 saturated heterocycles. The maximum absolute atomic E-state index is 12.8. The maximum Gasteiger partial charge on any atom is 0.306 e. The highest BCUT2D eigenvalue weighted by Gasteiger charge is 2.19. The third-order valence-corrected chi connectivity index (χ3v) is 10.1. The third kappa shape index (κ3) is 51.7. The summed E-state index contributed by atoms with van der Waals surface area (Å²) in [6.45, 7) is 6.18. The fraction of sp³-hybridized carbons (Fsp3) is 0.500. The van der Waals surface area contributed by atoms with Crippen molar-refractivity contribution < 1.29 is 28.6 Å². The summed E-state index contributed by atoms with van der Waals surface area (Å²) in [6.07, 6.45) is 80.7. The molecule has 0 aromatic carbocycles. The van der Waals surface area contributed by atoms with Crippen LogP contribution in [0.3, 0.4) is 0 Å². The molecule has 6 nitrogen and oxygen atoms in total. The van der Waals surface area contributed by atoms with Gasteiger partial charge in [0.25, 0.3) is 0 Å². The first-order chi connectivity index (χ1) is 33.5. The van der Waals surface area contributed by atoms with E-state index in [1.54, 1.807) is 0 Å². The SMILES string of the molecule is CC/C=C/C=C/C=C/C=C/C=C/CCCC(=O)OCC(COC(=O)CC/C=C/C/C=C/C/C=C/C/C=C/C/C=C/C/C=C/CC)OC(=O)CCCCCCC/C=C/C=C/C=C/CCCCCCC. The van der Waals surface area contributed by atoms with Crippen molar-refractivity contribution in [2.45, 2.75) is 187 Å². The lowest BCUT2D eigenvalue weighted by Gasteiger charge is -2.18. The van der Waals surface area contributed by atoms with Crippen LogP contribution in [0.15, 0.2) is 170 Å². The molecule has 0 aliphatic heterocycles. The van der Waals surface area contributed by atoms with Gasteiger partial charge in [0, 0.05) is 19.3 Å². The standard InChI is InChI=1S/C62H92O6/c1-4-7-10-13-16-19-22-25-27-29-31-33-34-37-40-43-46-49-52-55-61(64)67-58-59(57-66-60(63)54-51-48-45-42-39-36-24-21-18-15-12-9-6-3)68-62(65)56-53-50-47-44-41-38-35-32-30-28-26-23-20-17-14-11-8-5-2/h7,9-10,12,15-16,18-19,21,23-28,30-33,35-37,39-40,42,45-46,49,59H,4-6,8,11,13-14,17,20,22,29,34,38,41,43-44,47-48,50-58H2,1-3H3/b10-7+,12-9+,18-15+,19-16+,24-21+,26-23+,27-25+,30-28+,33-31+,35-32+,39-36+,40-37+,45-42+,49-46+. The van der Waals surface area contributed by atoms with Crippen LogP contribution in [0.2, 0.25) is 0 Å². The zero-order valence-corrected chi connectivity index (χ0v) is 42.8. The molecule has 0 spiro atoms. The number of esters is 3. The van der Waals surface area contributed by atoms with Crippen molar-refractivity contribution in [2.24, 2.45) is 0 Å². The van der Waals surface area contributed by atoms with Crippen molar-refractivity contribution in [3.63, 3.8) is 0 Å². The Hall–Kier alpha value is -5.23. The molecular formula is C62H92O6. The highest BCUT2D eigenvalue weighted by Crippen LogP contribution is 2.11. The Kier molecular flexibility index (Phi) is 50.2. The Labute approximate surface area is 415 Å². The Morgan fingerprint density at radius 3 is 1.18 bits per heavy atom. The smallest absolute Gasteiger partial charge is 0.306 e. The first-order valence-electron chi connectivity index (χ1n) is 26.2. The fourth-order valence-corrected chi connectivity index (χ4v) is 6.26. The molecule has 0 aromatic rings. The summed E-state index contributed by atoms with van der Waals surface area (Å²) in [4.78, 5) is 38.0. The van der Waals surface area contributed by atoms with Crippen LogP contribution in [0, 0.1) is 0 Å². The van der Waals surface area contributed by atoms with Gasteiger partial charge in [-0.2, -0.15) is 0 Å².